The molecule has 2 aromatic carbocycles. The van der Waals surface area contributed by atoms with Gasteiger partial charge in [0.05, 0.1) is 6.54 Å². The monoisotopic (exact) mass is 379 g/mol. The Balaban J connectivity index is 1.52. The summed E-state index contributed by atoms with van der Waals surface area (Å²) in [5.74, 6) is 0.642. The third-order valence-corrected chi connectivity index (χ3v) is 5.16. The molecule has 1 aliphatic rings. The van der Waals surface area contributed by atoms with Gasteiger partial charge in [-0.05, 0) is 80.1 Å². The van der Waals surface area contributed by atoms with Crippen LogP contribution in [-0.4, -0.2) is 36.3 Å². The Bertz CT molecular complexity index is 817. The smallest absolute Gasteiger partial charge is 0.253 e. The number of rotatable bonds is 5. The van der Waals surface area contributed by atoms with Crippen LogP contribution in [0.25, 0.3) is 0 Å². The molecule has 2 amide bonds. The van der Waals surface area contributed by atoms with E-state index in [2.05, 4.69) is 23.6 Å². The molecule has 5 nitrogen and oxygen atoms in total. The van der Waals surface area contributed by atoms with E-state index in [0.29, 0.717) is 17.2 Å². The number of carbonyl (C=O) groups is 2. The van der Waals surface area contributed by atoms with Crippen molar-refractivity contribution < 1.29 is 9.59 Å². The fraction of sp³-hybridized carbons (Fsp3) is 0.391. The molecule has 2 aromatic rings. The Kier molecular flexibility index (Phi) is 6.34. The number of hydrogen-bond donors (Lipinski definition) is 2. The predicted molar refractivity (Wildman–Crippen MR) is 114 cm³/mol. The maximum atomic E-state index is 12.6. The number of nitrogens with one attached hydrogen (secondary N) is 2. The zero-order valence-corrected chi connectivity index (χ0v) is 16.9. The Hall–Kier alpha value is -2.82. The van der Waals surface area contributed by atoms with Crippen molar-refractivity contribution in [1.29, 1.82) is 0 Å². The number of aryl methyl sites for hydroxylation is 2. The van der Waals surface area contributed by atoms with Gasteiger partial charge < -0.3 is 15.5 Å². The van der Waals surface area contributed by atoms with E-state index in [9.17, 15) is 9.59 Å². The quantitative estimate of drug-likeness (QED) is 0.817. The van der Waals surface area contributed by atoms with Crippen LogP contribution in [0.1, 0.15) is 41.3 Å². The molecule has 5 heteroatoms. The second-order valence-electron chi connectivity index (χ2n) is 7.83. The molecule has 0 spiro atoms. The fourth-order valence-electron chi connectivity index (χ4n) is 3.55. The second-order valence-corrected chi connectivity index (χ2v) is 7.83. The minimum absolute atomic E-state index is 0.0706. The van der Waals surface area contributed by atoms with Gasteiger partial charge in [0, 0.05) is 30.0 Å². The Labute approximate surface area is 167 Å². The number of piperidine rings is 1. The lowest BCUT2D eigenvalue weighted by atomic mass is 9.98. The van der Waals surface area contributed by atoms with Crippen molar-refractivity contribution in [2.24, 2.45) is 5.92 Å². The van der Waals surface area contributed by atoms with E-state index in [1.807, 2.05) is 30.9 Å². The van der Waals surface area contributed by atoms with Gasteiger partial charge >= 0.3 is 0 Å². The van der Waals surface area contributed by atoms with Crippen molar-refractivity contribution in [2.45, 2.75) is 33.6 Å². The number of nitrogens with zero attached hydrogens (tertiary/aromatic N) is 1. The van der Waals surface area contributed by atoms with Gasteiger partial charge in [-0.3, -0.25) is 9.59 Å². The van der Waals surface area contributed by atoms with Crippen molar-refractivity contribution in [2.75, 3.05) is 30.3 Å². The van der Waals surface area contributed by atoms with Crippen LogP contribution < -0.4 is 10.6 Å². The first-order valence-electron chi connectivity index (χ1n) is 9.92. The van der Waals surface area contributed by atoms with Gasteiger partial charge in [0.25, 0.3) is 5.91 Å². The Morgan fingerprint density at radius 1 is 0.964 bits per heavy atom. The molecule has 1 fully saturated rings. The highest BCUT2D eigenvalue weighted by Crippen LogP contribution is 2.19. The number of amides is 2. The van der Waals surface area contributed by atoms with Gasteiger partial charge in [-0.1, -0.05) is 13.0 Å². The molecular formula is C23H29N3O2. The van der Waals surface area contributed by atoms with Gasteiger partial charge in [-0.25, -0.2) is 0 Å². The molecule has 1 aliphatic heterocycles. The molecule has 2 N–H and O–H groups in total. The molecule has 1 saturated heterocycles. The summed E-state index contributed by atoms with van der Waals surface area (Å²) in [6.45, 7) is 8.13. The topological polar surface area (TPSA) is 61.4 Å². The summed E-state index contributed by atoms with van der Waals surface area (Å²) < 4.78 is 0. The summed E-state index contributed by atoms with van der Waals surface area (Å²) in [5.41, 5.74) is 4.61. The average molecular weight is 380 g/mol. The Morgan fingerprint density at radius 3 is 2.18 bits per heavy atom. The van der Waals surface area contributed by atoms with Crippen LogP contribution >= 0.6 is 0 Å². The zero-order valence-electron chi connectivity index (χ0n) is 16.9. The van der Waals surface area contributed by atoms with Crippen LogP contribution in [0.5, 0.6) is 0 Å². The van der Waals surface area contributed by atoms with Gasteiger partial charge in [-0.15, -0.1) is 0 Å². The highest BCUT2D eigenvalue weighted by Gasteiger charge is 2.21. The molecule has 0 aliphatic carbocycles. The lowest BCUT2D eigenvalue weighted by Gasteiger charge is -2.30. The molecule has 148 valence electrons. The molecule has 3 rings (SSSR count). The van der Waals surface area contributed by atoms with Gasteiger partial charge in [0.2, 0.25) is 5.91 Å². The highest BCUT2D eigenvalue weighted by atomic mass is 16.2. The fourth-order valence-corrected chi connectivity index (χ4v) is 3.55. The van der Waals surface area contributed by atoms with Gasteiger partial charge in [0.1, 0.15) is 0 Å². The molecule has 0 aromatic heterocycles. The number of hydrogen-bond acceptors (Lipinski definition) is 3. The summed E-state index contributed by atoms with van der Waals surface area (Å²) in [6.07, 6.45) is 2.13. The molecule has 0 radical (unpaired) electrons. The molecule has 0 unspecified atom stereocenters. The molecule has 28 heavy (non-hydrogen) atoms. The van der Waals surface area contributed by atoms with Gasteiger partial charge in [-0.2, -0.15) is 0 Å². The minimum Gasteiger partial charge on any atom is -0.376 e. The first-order valence-corrected chi connectivity index (χ1v) is 9.92. The van der Waals surface area contributed by atoms with Crippen LogP contribution in [-0.2, 0) is 4.79 Å². The van der Waals surface area contributed by atoms with Crippen LogP contribution in [0.2, 0.25) is 0 Å². The lowest BCUT2D eigenvalue weighted by Crippen LogP contribution is -2.37. The van der Waals surface area contributed by atoms with Crippen molar-refractivity contribution in [3.05, 3.63) is 59.2 Å². The van der Waals surface area contributed by atoms with Crippen molar-refractivity contribution in [1.82, 2.24) is 4.90 Å². The van der Waals surface area contributed by atoms with Crippen molar-refractivity contribution >= 4 is 23.2 Å². The predicted octanol–water partition coefficient (Wildman–Crippen LogP) is 4.23. The molecular weight excluding hydrogens is 350 g/mol. The number of carbonyl (C=O) groups excluding carboxylic acids is 2. The van der Waals surface area contributed by atoms with E-state index >= 15 is 0 Å². The number of benzene rings is 2. The maximum absolute atomic E-state index is 12.6. The minimum atomic E-state index is -0.122. The van der Waals surface area contributed by atoms with Crippen LogP contribution in [0.3, 0.4) is 0 Å². The largest absolute Gasteiger partial charge is 0.376 e. The van der Waals surface area contributed by atoms with Crippen LogP contribution in [0, 0.1) is 19.8 Å². The first kappa shape index (κ1) is 19.9. The SMILES string of the molecule is Cc1cc(C)cc(NCC(=O)Nc2ccc(C(=O)N3CCC(C)CC3)cc2)c1. The normalized spacial score (nSPS) is 14.6. The van der Waals surface area contributed by atoms with E-state index in [4.69, 9.17) is 0 Å². The van der Waals surface area contributed by atoms with E-state index in [0.717, 1.165) is 42.7 Å². The van der Waals surface area contributed by atoms with Crippen LogP contribution in [0.15, 0.2) is 42.5 Å². The first-order chi connectivity index (χ1) is 13.4. The summed E-state index contributed by atoms with van der Waals surface area (Å²) >= 11 is 0. The lowest BCUT2D eigenvalue weighted by molar-refractivity contribution is -0.114. The summed E-state index contributed by atoms with van der Waals surface area (Å²) in [6, 6.07) is 13.3. The van der Waals surface area contributed by atoms with E-state index < -0.39 is 0 Å². The average Bonchev–Trinajstić information content (AvgIpc) is 2.66. The maximum Gasteiger partial charge on any atom is 0.253 e. The third kappa shape index (κ3) is 5.35. The van der Waals surface area contributed by atoms with E-state index in [-0.39, 0.29) is 18.4 Å². The summed E-state index contributed by atoms with van der Waals surface area (Å²) in [4.78, 5) is 26.7. The molecule has 0 bridgehead atoms. The van der Waals surface area contributed by atoms with Crippen molar-refractivity contribution in [3.63, 3.8) is 0 Å². The molecule has 0 saturated carbocycles. The number of likely N-dealkylation sites (tertiary alicyclic amines) is 1. The second kappa shape index (κ2) is 8.91. The molecule has 0 atom stereocenters. The highest BCUT2D eigenvalue weighted by molar-refractivity contribution is 5.96. The van der Waals surface area contributed by atoms with E-state index in [1.165, 1.54) is 0 Å². The van der Waals surface area contributed by atoms with E-state index in [1.54, 1.807) is 24.3 Å². The van der Waals surface area contributed by atoms with Gasteiger partial charge in [0.15, 0.2) is 0 Å². The van der Waals surface area contributed by atoms with Crippen LogP contribution in [0.4, 0.5) is 11.4 Å². The zero-order chi connectivity index (χ0) is 20.1. The number of anilines is 2. The molecule has 1 heterocycles. The summed E-state index contributed by atoms with van der Waals surface area (Å²) in [5, 5.41) is 6.02. The standard InChI is InChI=1S/C23H29N3O2/c1-16-8-10-26(11-9-16)23(28)19-4-6-20(7-5-19)25-22(27)15-24-21-13-17(2)12-18(3)14-21/h4-7,12-14,16,24H,8-11,15H2,1-3H3,(H,25,27). The van der Waals surface area contributed by atoms with Crippen molar-refractivity contribution in [3.8, 4) is 0 Å². The summed E-state index contributed by atoms with van der Waals surface area (Å²) in [7, 11) is 0. The third-order valence-electron chi connectivity index (χ3n) is 5.16. The Morgan fingerprint density at radius 2 is 1.57 bits per heavy atom.